The lowest BCUT2D eigenvalue weighted by molar-refractivity contribution is 0.196. The molecule has 0 amide bonds. The number of thiophene rings is 1. The van der Waals surface area contributed by atoms with E-state index in [1.54, 1.807) is 0 Å². The number of halogens is 1. The first-order chi connectivity index (χ1) is 9.03. The fraction of sp³-hybridized carbons (Fsp3) is 0.750. The van der Waals surface area contributed by atoms with E-state index >= 15 is 0 Å². The minimum absolute atomic E-state index is 0.500. The summed E-state index contributed by atoms with van der Waals surface area (Å²) in [5.41, 5.74) is 0.500. The molecule has 1 aliphatic rings. The molecule has 2 atom stereocenters. The van der Waals surface area contributed by atoms with E-state index in [-0.39, 0.29) is 0 Å². The maximum Gasteiger partial charge on any atom is 0.0285 e. The summed E-state index contributed by atoms with van der Waals surface area (Å²) in [5, 5.41) is 6.02. The summed E-state index contributed by atoms with van der Waals surface area (Å²) in [6.07, 6.45) is 6.58. The van der Waals surface area contributed by atoms with E-state index in [0.29, 0.717) is 11.5 Å². The van der Waals surface area contributed by atoms with Gasteiger partial charge >= 0.3 is 0 Å². The van der Waals surface area contributed by atoms with Gasteiger partial charge in [-0.2, -0.15) is 0 Å². The summed E-state index contributed by atoms with van der Waals surface area (Å²) >= 11 is 5.45. The molecule has 1 nitrogen and oxygen atoms in total. The Balaban J connectivity index is 2.07. The molecule has 0 aromatic carbocycles. The van der Waals surface area contributed by atoms with Crippen LogP contribution in [0, 0.1) is 11.3 Å². The summed E-state index contributed by atoms with van der Waals surface area (Å²) in [5.74, 6) is 0.819. The Morgan fingerprint density at radius 2 is 2.32 bits per heavy atom. The Hall–Kier alpha value is 0.140. The Kier molecular flexibility index (Phi) is 5.50. The highest BCUT2D eigenvalue weighted by atomic mass is 79.9. The fourth-order valence-electron chi connectivity index (χ4n) is 3.46. The third-order valence-corrected chi connectivity index (χ3v) is 6.25. The molecule has 0 aliphatic heterocycles. The van der Waals surface area contributed by atoms with Crippen LogP contribution in [0.3, 0.4) is 0 Å². The average Bonchev–Trinajstić information content (AvgIpc) is 2.90. The molecule has 0 radical (unpaired) electrons. The lowest BCUT2D eigenvalue weighted by Gasteiger charge is -2.35. The van der Waals surface area contributed by atoms with E-state index in [2.05, 4.69) is 53.5 Å². The highest BCUT2D eigenvalue weighted by Crippen LogP contribution is 2.45. The third kappa shape index (κ3) is 4.05. The van der Waals surface area contributed by atoms with Gasteiger partial charge in [0.25, 0.3) is 0 Å². The van der Waals surface area contributed by atoms with Crippen molar-refractivity contribution >= 4 is 27.3 Å². The van der Waals surface area contributed by atoms with Crippen molar-refractivity contribution in [2.75, 3.05) is 6.54 Å². The quantitative estimate of drug-likeness (QED) is 0.743. The molecule has 108 valence electrons. The van der Waals surface area contributed by atoms with E-state index in [1.807, 2.05) is 11.3 Å². The van der Waals surface area contributed by atoms with Crippen molar-refractivity contribution in [3.8, 4) is 0 Å². The van der Waals surface area contributed by atoms with Gasteiger partial charge in [0.05, 0.1) is 0 Å². The second-order valence-electron chi connectivity index (χ2n) is 6.48. The zero-order valence-electron chi connectivity index (χ0n) is 12.3. The molecule has 3 heteroatoms. The van der Waals surface area contributed by atoms with Gasteiger partial charge in [0.15, 0.2) is 0 Å². The molecule has 0 saturated heterocycles. The summed E-state index contributed by atoms with van der Waals surface area (Å²) in [6, 6.07) is 2.93. The Labute approximate surface area is 130 Å². The average molecular weight is 344 g/mol. The van der Waals surface area contributed by atoms with Crippen molar-refractivity contribution in [1.82, 2.24) is 5.32 Å². The lowest BCUT2D eigenvalue weighted by Crippen LogP contribution is -2.42. The molecule has 1 N–H and O–H groups in total. The molecule has 0 bridgehead atoms. The zero-order valence-corrected chi connectivity index (χ0v) is 14.7. The van der Waals surface area contributed by atoms with Crippen molar-refractivity contribution in [2.45, 2.75) is 58.9 Å². The van der Waals surface area contributed by atoms with Gasteiger partial charge in [-0.15, -0.1) is 11.3 Å². The van der Waals surface area contributed by atoms with Crippen LogP contribution < -0.4 is 5.32 Å². The largest absolute Gasteiger partial charge is 0.313 e. The van der Waals surface area contributed by atoms with E-state index in [1.165, 1.54) is 41.5 Å². The van der Waals surface area contributed by atoms with E-state index in [0.717, 1.165) is 12.5 Å². The molecule has 0 spiro atoms. The number of hydrogen-bond acceptors (Lipinski definition) is 2. The predicted molar refractivity (Wildman–Crippen MR) is 88.9 cm³/mol. The Morgan fingerprint density at radius 3 is 2.84 bits per heavy atom. The summed E-state index contributed by atoms with van der Waals surface area (Å²) in [4.78, 5) is 1.50. The normalized spacial score (nSPS) is 23.7. The van der Waals surface area contributed by atoms with E-state index in [9.17, 15) is 0 Å². The van der Waals surface area contributed by atoms with Gasteiger partial charge in [0.2, 0.25) is 0 Å². The Bertz CT molecular complexity index is 399. The van der Waals surface area contributed by atoms with Gasteiger partial charge in [0, 0.05) is 20.8 Å². The standard InChI is InChI=1S/C16H26BrNS/c1-4-8-18-15(10-13-9-12(17)11-19-13)14-6-5-7-16(14,2)3/h9,11,14-15,18H,4-8,10H2,1-3H3. The number of nitrogens with one attached hydrogen (secondary N) is 1. The molecule has 1 aromatic rings. The first-order valence-electron chi connectivity index (χ1n) is 7.49. The first-order valence-corrected chi connectivity index (χ1v) is 9.16. The van der Waals surface area contributed by atoms with Crippen molar-refractivity contribution < 1.29 is 0 Å². The van der Waals surface area contributed by atoms with Gasteiger partial charge < -0.3 is 5.32 Å². The second kappa shape index (κ2) is 6.73. The maximum absolute atomic E-state index is 3.82. The van der Waals surface area contributed by atoms with Crippen LogP contribution >= 0.6 is 27.3 Å². The highest BCUT2D eigenvalue weighted by Gasteiger charge is 2.39. The SMILES string of the molecule is CCCNC(Cc1cc(Br)cs1)C1CCCC1(C)C. The monoisotopic (exact) mass is 343 g/mol. The molecule has 2 rings (SSSR count). The first kappa shape index (κ1) is 15.5. The van der Waals surface area contributed by atoms with E-state index < -0.39 is 0 Å². The summed E-state index contributed by atoms with van der Waals surface area (Å²) < 4.78 is 1.23. The molecule has 1 saturated carbocycles. The van der Waals surface area contributed by atoms with Crippen LogP contribution in [0.25, 0.3) is 0 Å². The van der Waals surface area contributed by atoms with Gasteiger partial charge in [-0.1, -0.05) is 27.2 Å². The predicted octanol–water partition coefficient (Wildman–Crippen LogP) is 5.25. The number of rotatable bonds is 6. The van der Waals surface area contributed by atoms with Crippen molar-refractivity contribution in [1.29, 1.82) is 0 Å². The van der Waals surface area contributed by atoms with Crippen LogP contribution in [0.15, 0.2) is 15.9 Å². The van der Waals surface area contributed by atoms with Crippen molar-refractivity contribution in [3.05, 3.63) is 20.8 Å². The minimum Gasteiger partial charge on any atom is -0.313 e. The van der Waals surface area contributed by atoms with Crippen LogP contribution in [0.5, 0.6) is 0 Å². The van der Waals surface area contributed by atoms with Crippen LogP contribution in [-0.2, 0) is 6.42 Å². The van der Waals surface area contributed by atoms with E-state index in [4.69, 9.17) is 0 Å². The minimum atomic E-state index is 0.500. The molecule has 2 unspecified atom stereocenters. The smallest absolute Gasteiger partial charge is 0.0285 e. The third-order valence-electron chi connectivity index (χ3n) is 4.53. The molecule has 1 heterocycles. The van der Waals surface area contributed by atoms with Crippen LogP contribution in [0.4, 0.5) is 0 Å². The molecule has 1 fully saturated rings. The topological polar surface area (TPSA) is 12.0 Å². The molecule has 1 aliphatic carbocycles. The second-order valence-corrected chi connectivity index (χ2v) is 8.39. The van der Waals surface area contributed by atoms with Gasteiger partial charge in [-0.05, 0) is 65.6 Å². The summed E-state index contributed by atoms with van der Waals surface area (Å²) in [7, 11) is 0. The van der Waals surface area contributed by atoms with Gasteiger partial charge in [-0.3, -0.25) is 0 Å². The van der Waals surface area contributed by atoms with Crippen LogP contribution in [0.2, 0.25) is 0 Å². The van der Waals surface area contributed by atoms with Gasteiger partial charge in [0.1, 0.15) is 0 Å². The Morgan fingerprint density at radius 1 is 1.53 bits per heavy atom. The van der Waals surface area contributed by atoms with Gasteiger partial charge in [-0.25, -0.2) is 0 Å². The fourth-order valence-corrected chi connectivity index (χ4v) is 4.97. The van der Waals surface area contributed by atoms with Crippen LogP contribution in [0.1, 0.15) is 51.3 Å². The molecular weight excluding hydrogens is 318 g/mol. The molecule has 1 aromatic heterocycles. The zero-order chi connectivity index (χ0) is 13.9. The molecule has 19 heavy (non-hydrogen) atoms. The number of hydrogen-bond donors (Lipinski definition) is 1. The summed E-state index contributed by atoms with van der Waals surface area (Å²) in [6.45, 7) is 8.31. The van der Waals surface area contributed by atoms with Crippen molar-refractivity contribution in [3.63, 3.8) is 0 Å². The lowest BCUT2D eigenvalue weighted by atomic mass is 9.76. The highest BCUT2D eigenvalue weighted by molar-refractivity contribution is 9.10. The molecular formula is C16H26BrNS. The maximum atomic E-state index is 3.82. The van der Waals surface area contributed by atoms with Crippen molar-refractivity contribution in [2.24, 2.45) is 11.3 Å². The van der Waals surface area contributed by atoms with Crippen LogP contribution in [-0.4, -0.2) is 12.6 Å².